The van der Waals surface area contributed by atoms with Crippen LogP contribution in [0.15, 0.2) is 60.7 Å². The summed E-state index contributed by atoms with van der Waals surface area (Å²) in [6, 6.07) is 20.4. The number of nitrogens with zero attached hydrogens (tertiary/aromatic N) is 2. The van der Waals surface area contributed by atoms with Crippen molar-refractivity contribution in [2.45, 2.75) is 52.3 Å². The maximum Gasteiger partial charge on any atom is 0.310 e. The predicted molar refractivity (Wildman–Crippen MR) is 144 cm³/mol. The largest absolute Gasteiger partial charge is 0.493 e. The molecular weight excluding hydrogens is 466 g/mol. The Morgan fingerprint density at radius 1 is 1.14 bits per heavy atom. The van der Waals surface area contributed by atoms with Crippen molar-refractivity contribution in [2.24, 2.45) is 5.73 Å². The summed E-state index contributed by atoms with van der Waals surface area (Å²) in [5.74, 6) is 1.25. The number of hydrogen-bond donors (Lipinski definition) is 1. The van der Waals surface area contributed by atoms with Crippen molar-refractivity contribution in [1.82, 2.24) is 9.78 Å². The second-order valence-electron chi connectivity index (χ2n) is 9.59. The van der Waals surface area contributed by atoms with Crippen molar-refractivity contribution in [2.75, 3.05) is 13.2 Å². The number of nitrogens with two attached hydrogens (primary N) is 1. The van der Waals surface area contributed by atoms with Crippen molar-refractivity contribution in [1.29, 1.82) is 0 Å². The van der Waals surface area contributed by atoms with Crippen molar-refractivity contribution < 1.29 is 19.0 Å². The van der Waals surface area contributed by atoms with E-state index in [1.54, 1.807) is 6.92 Å². The van der Waals surface area contributed by atoms with Crippen LogP contribution in [-0.2, 0) is 22.6 Å². The highest BCUT2D eigenvalue weighted by Gasteiger charge is 2.20. The molecule has 1 aromatic heterocycles. The van der Waals surface area contributed by atoms with Gasteiger partial charge in [0, 0.05) is 35.0 Å². The first-order valence-corrected chi connectivity index (χ1v) is 12.8. The number of para-hydroxylation sites is 1. The summed E-state index contributed by atoms with van der Waals surface area (Å²) in [5, 5.41) is 5.94. The molecule has 7 heteroatoms. The first-order chi connectivity index (χ1) is 17.9. The van der Waals surface area contributed by atoms with Crippen LogP contribution in [-0.4, -0.2) is 29.0 Å². The average molecular weight is 500 g/mol. The number of esters is 1. The van der Waals surface area contributed by atoms with E-state index in [-0.39, 0.29) is 31.1 Å². The molecule has 0 aliphatic carbocycles. The number of rotatable bonds is 8. The number of benzene rings is 3. The van der Waals surface area contributed by atoms with Gasteiger partial charge in [-0.15, -0.1) is 0 Å². The minimum absolute atomic E-state index is 0.0187. The Labute approximate surface area is 217 Å². The van der Waals surface area contributed by atoms with Gasteiger partial charge in [0.05, 0.1) is 25.2 Å². The highest BCUT2D eigenvalue weighted by molar-refractivity contribution is 5.87. The number of ether oxygens (including phenoxy) is 3. The van der Waals surface area contributed by atoms with E-state index < -0.39 is 0 Å². The van der Waals surface area contributed by atoms with Gasteiger partial charge in [-0.3, -0.25) is 9.48 Å². The number of aromatic nitrogens is 2. The lowest BCUT2D eigenvalue weighted by Gasteiger charge is -2.23. The Morgan fingerprint density at radius 3 is 2.73 bits per heavy atom. The van der Waals surface area contributed by atoms with Gasteiger partial charge in [-0.1, -0.05) is 30.3 Å². The molecule has 0 saturated heterocycles. The minimum Gasteiger partial charge on any atom is -0.493 e. The predicted octanol–water partition coefficient (Wildman–Crippen LogP) is 5.75. The normalized spacial score (nSPS) is 14.9. The first-order valence-electron chi connectivity index (χ1n) is 12.8. The zero-order valence-corrected chi connectivity index (χ0v) is 21.6. The van der Waals surface area contributed by atoms with Gasteiger partial charge in [-0.2, -0.15) is 5.10 Å². The minimum atomic E-state index is -0.270. The molecule has 37 heavy (non-hydrogen) atoms. The van der Waals surface area contributed by atoms with E-state index in [0.29, 0.717) is 19.0 Å². The number of carbonyl (C=O) groups is 1. The SMILES string of the molecule is CCOC(=O)Cc1ccccc1OCc1nn(C(C)C)c2ccc(-c3ccc4c(c3)C(N)CCO4)cc12. The van der Waals surface area contributed by atoms with Gasteiger partial charge in [0.2, 0.25) is 0 Å². The fourth-order valence-electron chi connectivity index (χ4n) is 4.79. The summed E-state index contributed by atoms with van der Waals surface area (Å²) >= 11 is 0. The molecule has 1 unspecified atom stereocenters. The average Bonchev–Trinajstić information content (AvgIpc) is 3.27. The fraction of sp³-hybridized carbons (Fsp3) is 0.333. The van der Waals surface area contributed by atoms with Gasteiger partial charge < -0.3 is 19.9 Å². The Kier molecular flexibility index (Phi) is 7.15. The zero-order chi connectivity index (χ0) is 25.9. The Balaban J connectivity index is 1.47. The van der Waals surface area contributed by atoms with Crippen LogP contribution in [0.5, 0.6) is 11.5 Å². The van der Waals surface area contributed by atoms with E-state index in [0.717, 1.165) is 51.0 Å². The van der Waals surface area contributed by atoms with Crippen LogP contribution in [0.3, 0.4) is 0 Å². The third kappa shape index (κ3) is 5.18. The summed E-state index contributed by atoms with van der Waals surface area (Å²) < 4.78 is 19.2. The monoisotopic (exact) mass is 499 g/mol. The van der Waals surface area contributed by atoms with Crippen molar-refractivity contribution in [3.63, 3.8) is 0 Å². The van der Waals surface area contributed by atoms with Crippen molar-refractivity contribution in [3.8, 4) is 22.6 Å². The quantitative estimate of drug-likeness (QED) is 0.311. The molecule has 2 heterocycles. The molecule has 1 atom stereocenters. The maximum absolute atomic E-state index is 12.1. The van der Waals surface area contributed by atoms with Crippen LogP contribution in [0.4, 0.5) is 0 Å². The zero-order valence-electron chi connectivity index (χ0n) is 21.6. The first kappa shape index (κ1) is 24.8. The highest BCUT2D eigenvalue weighted by atomic mass is 16.5. The molecule has 0 amide bonds. The van der Waals surface area contributed by atoms with E-state index in [1.807, 2.05) is 35.0 Å². The summed E-state index contributed by atoms with van der Waals surface area (Å²) in [7, 11) is 0. The summed E-state index contributed by atoms with van der Waals surface area (Å²) in [6.45, 7) is 7.32. The topological polar surface area (TPSA) is 88.6 Å². The molecule has 3 aromatic carbocycles. The van der Waals surface area contributed by atoms with Crippen LogP contribution in [0.1, 0.15) is 56.1 Å². The second-order valence-corrected chi connectivity index (χ2v) is 9.59. The third-order valence-corrected chi connectivity index (χ3v) is 6.68. The molecule has 2 N–H and O–H groups in total. The molecule has 0 radical (unpaired) electrons. The van der Waals surface area contributed by atoms with Crippen LogP contribution < -0.4 is 15.2 Å². The second kappa shape index (κ2) is 10.6. The van der Waals surface area contributed by atoms with Crippen LogP contribution in [0.25, 0.3) is 22.0 Å². The third-order valence-electron chi connectivity index (χ3n) is 6.68. The molecule has 4 aromatic rings. The number of carbonyl (C=O) groups excluding carboxylic acids is 1. The van der Waals surface area contributed by atoms with Gasteiger partial charge in [0.15, 0.2) is 0 Å². The fourth-order valence-corrected chi connectivity index (χ4v) is 4.79. The lowest BCUT2D eigenvalue weighted by Crippen LogP contribution is -2.20. The number of fused-ring (bicyclic) bond motifs is 2. The smallest absolute Gasteiger partial charge is 0.310 e. The van der Waals surface area contributed by atoms with Gasteiger partial charge in [0.1, 0.15) is 23.8 Å². The molecule has 1 aliphatic heterocycles. The molecule has 0 spiro atoms. The molecule has 192 valence electrons. The molecule has 5 rings (SSSR count). The lowest BCUT2D eigenvalue weighted by atomic mass is 9.95. The summed E-state index contributed by atoms with van der Waals surface area (Å²) in [4.78, 5) is 12.1. The molecule has 7 nitrogen and oxygen atoms in total. The van der Waals surface area contributed by atoms with Gasteiger partial charge >= 0.3 is 5.97 Å². The molecule has 0 fully saturated rings. The van der Waals surface area contributed by atoms with Gasteiger partial charge in [-0.05, 0) is 62.2 Å². The molecule has 0 saturated carbocycles. The number of hydrogen-bond acceptors (Lipinski definition) is 6. The van der Waals surface area contributed by atoms with Gasteiger partial charge in [-0.25, -0.2) is 0 Å². The van der Waals surface area contributed by atoms with E-state index >= 15 is 0 Å². The van der Waals surface area contributed by atoms with E-state index in [1.165, 1.54) is 0 Å². The lowest BCUT2D eigenvalue weighted by molar-refractivity contribution is -0.142. The van der Waals surface area contributed by atoms with Crippen molar-refractivity contribution >= 4 is 16.9 Å². The summed E-state index contributed by atoms with van der Waals surface area (Å²) in [5.41, 5.74) is 12.3. The molecular formula is C30H33N3O4. The molecule has 0 bridgehead atoms. The highest BCUT2D eigenvalue weighted by Crippen LogP contribution is 2.36. The van der Waals surface area contributed by atoms with Crippen LogP contribution in [0, 0.1) is 0 Å². The Morgan fingerprint density at radius 2 is 1.92 bits per heavy atom. The molecule has 1 aliphatic rings. The van der Waals surface area contributed by atoms with Crippen molar-refractivity contribution in [3.05, 3.63) is 77.5 Å². The van der Waals surface area contributed by atoms with Gasteiger partial charge in [0.25, 0.3) is 0 Å². The Bertz CT molecular complexity index is 1430. The van der Waals surface area contributed by atoms with Crippen LogP contribution in [0.2, 0.25) is 0 Å². The van der Waals surface area contributed by atoms with E-state index in [2.05, 4.69) is 44.2 Å². The van der Waals surface area contributed by atoms with Crippen LogP contribution >= 0.6 is 0 Å². The maximum atomic E-state index is 12.1. The standard InChI is InChI=1S/C30H33N3O4/c1-4-35-30(34)17-22-7-5-6-8-28(22)37-18-26-24-16-20(9-11-27(24)33(32-26)19(2)3)21-10-12-29-23(15-21)25(31)13-14-36-29/h5-12,15-16,19,25H,4,13-14,17-18,31H2,1-3H3. The van der Waals surface area contributed by atoms with E-state index in [9.17, 15) is 4.79 Å². The Hall–Kier alpha value is -3.84. The summed E-state index contributed by atoms with van der Waals surface area (Å²) in [6.07, 6.45) is 0.981. The van der Waals surface area contributed by atoms with E-state index in [4.69, 9.17) is 25.0 Å².